The van der Waals surface area contributed by atoms with Crippen molar-refractivity contribution < 1.29 is 27.1 Å². The molecular formula is C19H13F4N3O2. The molecule has 0 aliphatic rings. The molecule has 3 rings (SSSR count). The maximum atomic E-state index is 13.3. The van der Waals surface area contributed by atoms with E-state index in [4.69, 9.17) is 4.74 Å². The van der Waals surface area contributed by atoms with E-state index in [0.717, 1.165) is 17.2 Å². The smallest absolute Gasteiger partial charge is 0.419 e. The van der Waals surface area contributed by atoms with E-state index in [1.807, 2.05) is 0 Å². The van der Waals surface area contributed by atoms with Crippen molar-refractivity contribution in [1.82, 2.24) is 9.97 Å². The number of ether oxygens (including phenoxy) is 1. The Labute approximate surface area is 157 Å². The topological polar surface area (TPSA) is 64.1 Å². The average molecular weight is 391 g/mol. The lowest BCUT2D eigenvalue weighted by Gasteiger charge is -2.11. The first-order valence-corrected chi connectivity index (χ1v) is 7.98. The summed E-state index contributed by atoms with van der Waals surface area (Å²) in [6, 6.07) is 8.99. The normalized spacial score (nSPS) is 11.1. The van der Waals surface area contributed by atoms with Gasteiger partial charge < -0.3 is 10.1 Å². The largest absolute Gasteiger partial charge is 0.484 e. The highest BCUT2D eigenvalue weighted by Crippen LogP contribution is 2.33. The quantitative estimate of drug-likeness (QED) is 0.658. The van der Waals surface area contributed by atoms with Gasteiger partial charge in [-0.2, -0.15) is 13.2 Å². The number of carbonyl (C=O) groups excluding carboxylic acids is 1. The van der Waals surface area contributed by atoms with Crippen molar-refractivity contribution in [2.75, 3.05) is 11.9 Å². The average Bonchev–Trinajstić information content (AvgIpc) is 2.68. The van der Waals surface area contributed by atoms with Crippen LogP contribution >= 0.6 is 0 Å². The molecule has 1 amide bonds. The summed E-state index contributed by atoms with van der Waals surface area (Å²) < 4.78 is 56.7. The van der Waals surface area contributed by atoms with Crippen molar-refractivity contribution in [3.8, 4) is 16.9 Å². The molecule has 0 unspecified atom stereocenters. The minimum absolute atomic E-state index is 0.179. The lowest BCUT2D eigenvalue weighted by atomic mass is 10.1. The number of amides is 1. The standard InChI is InChI=1S/C19H13F4N3O2/c20-17-6-3-14(7-16(17)19(21,22)23)26-18(27)10-28-15-4-1-12(2-5-15)13-8-24-11-25-9-13/h1-9,11H,10H2,(H,26,27). The molecule has 1 N–H and O–H groups in total. The van der Waals surface area contributed by atoms with Gasteiger partial charge in [-0.25, -0.2) is 14.4 Å². The van der Waals surface area contributed by atoms with Gasteiger partial charge in [-0.05, 0) is 35.9 Å². The van der Waals surface area contributed by atoms with Crippen LogP contribution in [0, 0.1) is 5.82 Å². The summed E-state index contributed by atoms with van der Waals surface area (Å²) in [5.41, 5.74) is 0.0282. The van der Waals surface area contributed by atoms with Crippen LogP contribution in [0.4, 0.5) is 23.2 Å². The van der Waals surface area contributed by atoms with Crippen molar-refractivity contribution in [2.45, 2.75) is 6.18 Å². The number of nitrogens with one attached hydrogen (secondary N) is 1. The highest BCUT2D eigenvalue weighted by Gasteiger charge is 2.34. The molecule has 5 nitrogen and oxygen atoms in total. The zero-order valence-corrected chi connectivity index (χ0v) is 14.2. The van der Waals surface area contributed by atoms with E-state index in [2.05, 4.69) is 15.3 Å². The molecule has 0 aliphatic heterocycles. The number of carbonyl (C=O) groups is 1. The number of nitrogens with zero attached hydrogens (tertiary/aromatic N) is 2. The Kier molecular flexibility index (Phi) is 5.53. The molecule has 3 aromatic rings. The fourth-order valence-electron chi connectivity index (χ4n) is 2.36. The van der Waals surface area contributed by atoms with E-state index in [9.17, 15) is 22.4 Å². The second-order valence-corrected chi connectivity index (χ2v) is 5.68. The third-order valence-electron chi connectivity index (χ3n) is 3.67. The van der Waals surface area contributed by atoms with Crippen LogP contribution in [0.1, 0.15) is 5.56 Å². The van der Waals surface area contributed by atoms with Crippen molar-refractivity contribution in [1.29, 1.82) is 0 Å². The summed E-state index contributed by atoms with van der Waals surface area (Å²) in [5.74, 6) is -1.70. The van der Waals surface area contributed by atoms with Gasteiger partial charge in [0.2, 0.25) is 0 Å². The highest BCUT2D eigenvalue weighted by atomic mass is 19.4. The van der Waals surface area contributed by atoms with Crippen LogP contribution in [0.15, 0.2) is 61.2 Å². The van der Waals surface area contributed by atoms with Gasteiger partial charge in [0.1, 0.15) is 17.9 Å². The molecule has 1 heterocycles. The SMILES string of the molecule is O=C(COc1ccc(-c2cncnc2)cc1)Nc1ccc(F)c(C(F)(F)F)c1. The lowest BCUT2D eigenvalue weighted by Crippen LogP contribution is -2.20. The van der Waals surface area contributed by atoms with Crippen molar-refractivity contribution in [3.63, 3.8) is 0 Å². The molecule has 0 bridgehead atoms. The van der Waals surface area contributed by atoms with Gasteiger partial charge in [0.05, 0.1) is 5.56 Å². The molecular weight excluding hydrogens is 378 g/mol. The van der Waals surface area contributed by atoms with Crippen LogP contribution in [0.3, 0.4) is 0 Å². The van der Waals surface area contributed by atoms with E-state index < -0.39 is 30.1 Å². The molecule has 0 fully saturated rings. The van der Waals surface area contributed by atoms with Gasteiger partial charge in [0.25, 0.3) is 5.91 Å². The Balaban J connectivity index is 1.59. The Hall–Kier alpha value is -3.49. The van der Waals surface area contributed by atoms with Crippen LogP contribution in [0.5, 0.6) is 5.75 Å². The predicted molar refractivity (Wildman–Crippen MR) is 93.0 cm³/mol. The van der Waals surface area contributed by atoms with Gasteiger partial charge in [0.15, 0.2) is 6.61 Å². The van der Waals surface area contributed by atoms with Crippen LogP contribution in [0.25, 0.3) is 11.1 Å². The molecule has 28 heavy (non-hydrogen) atoms. The van der Waals surface area contributed by atoms with Crippen LogP contribution in [-0.2, 0) is 11.0 Å². The van der Waals surface area contributed by atoms with E-state index in [-0.39, 0.29) is 5.69 Å². The van der Waals surface area contributed by atoms with Gasteiger partial charge in [0, 0.05) is 23.6 Å². The summed E-state index contributed by atoms with van der Waals surface area (Å²) in [5, 5.41) is 2.24. The molecule has 0 atom stereocenters. The van der Waals surface area contributed by atoms with Gasteiger partial charge in [-0.15, -0.1) is 0 Å². The Morgan fingerprint density at radius 2 is 1.68 bits per heavy atom. The number of benzene rings is 2. The number of anilines is 1. The maximum Gasteiger partial charge on any atom is 0.419 e. The van der Waals surface area contributed by atoms with Crippen molar-refractivity contribution in [3.05, 3.63) is 72.6 Å². The third-order valence-corrected chi connectivity index (χ3v) is 3.67. The number of rotatable bonds is 5. The lowest BCUT2D eigenvalue weighted by molar-refractivity contribution is -0.140. The number of hydrogen-bond acceptors (Lipinski definition) is 4. The highest BCUT2D eigenvalue weighted by molar-refractivity contribution is 5.92. The minimum atomic E-state index is -4.85. The maximum absolute atomic E-state index is 13.3. The fourth-order valence-corrected chi connectivity index (χ4v) is 2.36. The van der Waals surface area contributed by atoms with Crippen molar-refractivity contribution >= 4 is 11.6 Å². The van der Waals surface area contributed by atoms with Gasteiger partial charge in [-0.1, -0.05) is 12.1 Å². The predicted octanol–water partition coefficient (Wildman–Crippen LogP) is 4.32. The van der Waals surface area contributed by atoms with Crippen LogP contribution in [0.2, 0.25) is 0 Å². The number of hydrogen-bond donors (Lipinski definition) is 1. The van der Waals surface area contributed by atoms with Crippen LogP contribution < -0.4 is 10.1 Å². The summed E-state index contributed by atoms with van der Waals surface area (Å²) >= 11 is 0. The second kappa shape index (κ2) is 8.03. The van der Waals surface area contributed by atoms with E-state index in [0.29, 0.717) is 17.9 Å². The Bertz CT molecular complexity index is 961. The summed E-state index contributed by atoms with van der Waals surface area (Å²) in [6.45, 7) is -0.424. The Morgan fingerprint density at radius 1 is 1.00 bits per heavy atom. The molecule has 0 aliphatic carbocycles. The van der Waals surface area contributed by atoms with Gasteiger partial charge in [-0.3, -0.25) is 4.79 Å². The second-order valence-electron chi connectivity index (χ2n) is 5.68. The molecule has 9 heteroatoms. The van der Waals surface area contributed by atoms with Gasteiger partial charge >= 0.3 is 6.18 Å². The fraction of sp³-hybridized carbons (Fsp3) is 0.105. The monoisotopic (exact) mass is 391 g/mol. The summed E-state index contributed by atoms with van der Waals surface area (Å²) in [6.07, 6.45) is -0.145. The molecule has 0 saturated carbocycles. The first kappa shape index (κ1) is 19.3. The Morgan fingerprint density at radius 3 is 2.32 bits per heavy atom. The molecule has 2 aromatic carbocycles. The van der Waals surface area contributed by atoms with Crippen LogP contribution in [-0.4, -0.2) is 22.5 Å². The number of halogens is 4. The number of alkyl halides is 3. The molecule has 144 valence electrons. The zero-order chi connectivity index (χ0) is 20.1. The third kappa shape index (κ3) is 4.81. The van der Waals surface area contributed by atoms with E-state index in [1.165, 1.54) is 6.33 Å². The molecule has 0 radical (unpaired) electrons. The van der Waals surface area contributed by atoms with Crippen molar-refractivity contribution in [2.24, 2.45) is 0 Å². The van der Waals surface area contributed by atoms with E-state index in [1.54, 1.807) is 36.7 Å². The zero-order valence-electron chi connectivity index (χ0n) is 14.2. The number of aromatic nitrogens is 2. The molecule has 0 spiro atoms. The molecule has 0 saturated heterocycles. The minimum Gasteiger partial charge on any atom is -0.484 e. The molecule has 1 aromatic heterocycles. The first-order chi connectivity index (χ1) is 13.3. The summed E-state index contributed by atoms with van der Waals surface area (Å²) in [4.78, 5) is 19.7. The first-order valence-electron chi connectivity index (χ1n) is 7.98. The van der Waals surface area contributed by atoms with E-state index >= 15 is 0 Å². The summed E-state index contributed by atoms with van der Waals surface area (Å²) in [7, 11) is 0.